The molecule has 0 saturated heterocycles. The quantitative estimate of drug-likeness (QED) is 0.0851. The third kappa shape index (κ3) is 12.6. The molecule has 0 heterocycles. The topological polar surface area (TPSA) is 46.2 Å². The molecule has 0 spiro atoms. The molecule has 0 aliphatic carbocycles. The zero-order chi connectivity index (χ0) is 57.4. The van der Waals surface area contributed by atoms with Gasteiger partial charge in [-0.15, -0.1) is 0 Å². The van der Waals surface area contributed by atoms with Gasteiger partial charge in [0.2, 0.25) is 17.2 Å². The molecule has 0 unspecified atom stereocenters. The Labute approximate surface area is 463 Å². The average molecular weight is 1080 g/mol. The minimum atomic E-state index is -5.23. The fourth-order valence-corrected chi connectivity index (χ4v) is 11.3. The molecular formula is C69H71F5O5. The van der Waals surface area contributed by atoms with Gasteiger partial charge in [0, 0.05) is 0 Å². The molecule has 0 aliphatic heterocycles. The van der Waals surface area contributed by atoms with Gasteiger partial charge in [0.25, 0.3) is 0 Å². The Balaban J connectivity index is 1.48. The van der Waals surface area contributed by atoms with Crippen LogP contribution >= 0.6 is 0 Å². The molecule has 10 heteroatoms. The van der Waals surface area contributed by atoms with E-state index < -0.39 is 23.4 Å². The first-order valence-electron chi connectivity index (χ1n) is 26.7. The maximum Gasteiger partial charge on any atom is 0.422 e. The van der Waals surface area contributed by atoms with E-state index in [1.165, 1.54) is 0 Å². The first kappa shape index (κ1) is 57.6. The van der Waals surface area contributed by atoms with Crippen molar-refractivity contribution < 1.29 is 45.6 Å². The summed E-state index contributed by atoms with van der Waals surface area (Å²) in [5, 5.41) is 0. The Bertz CT molecular complexity index is 3340. The monoisotopic (exact) mass is 1070 g/mol. The lowest BCUT2D eigenvalue weighted by molar-refractivity contribution is -0.142. The number of aryl methyl sites for hydroxylation is 15. The maximum atomic E-state index is 15.2. The molecule has 0 atom stereocenters. The first-order chi connectivity index (χ1) is 37.3. The van der Waals surface area contributed by atoms with Gasteiger partial charge in [-0.2, -0.15) is 13.2 Å². The van der Waals surface area contributed by atoms with Crippen LogP contribution in [0.4, 0.5) is 22.0 Å². The van der Waals surface area contributed by atoms with E-state index in [1.54, 1.807) is 24.3 Å². The average Bonchev–Trinajstić information content (AvgIpc) is 3.41. The predicted molar refractivity (Wildman–Crippen MR) is 307 cm³/mol. The van der Waals surface area contributed by atoms with E-state index in [9.17, 15) is 13.2 Å². The lowest BCUT2D eigenvalue weighted by atomic mass is 9.96. The molecular weight excluding hydrogens is 1000 g/mol. The molecule has 0 N–H and O–H groups in total. The smallest absolute Gasteiger partial charge is 0.422 e. The molecule has 0 fully saturated rings. The van der Waals surface area contributed by atoms with Gasteiger partial charge >= 0.3 is 6.18 Å². The summed E-state index contributed by atoms with van der Waals surface area (Å²) in [6.07, 6.45) is -5.23. The molecule has 0 saturated carbocycles. The number of benzene rings is 8. The Morgan fingerprint density at radius 1 is 0.291 bits per heavy atom. The molecule has 0 aromatic heterocycles. The Kier molecular flexibility index (Phi) is 17.1. The van der Waals surface area contributed by atoms with E-state index >= 15 is 8.78 Å². The number of ether oxygens (including phenoxy) is 5. The lowest BCUT2D eigenvalue weighted by Gasteiger charge is -2.28. The predicted octanol–water partition coefficient (Wildman–Crippen LogP) is 18.8. The fraction of sp³-hybridized carbons (Fsp3) is 0.304. The molecule has 8 aromatic carbocycles. The van der Waals surface area contributed by atoms with Crippen LogP contribution in [0.5, 0.6) is 28.7 Å². The van der Waals surface area contributed by atoms with Crippen LogP contribution in [0.2, 0.25) is 0 Å². The Hall–Kier alpha value is -7.59. The molecule has 0 amide bonds. The Morgan fingerprint density at radius 3 is 0.747 bits per heavy atom. The third-order valence-corrected chi connectivity index (χ3v) is 15.1. The van der Waals surface area contributed by atoms with Crippen LogP contribution in [0.3, 0.4) is 0 Å². The molecule has 8 aromatic rings. The van der Waals surface area contributed by atoms with Crippen molar-refractivity contribution in [2.45, 2.75) is 143 Å². The van der Waals surface area contributed by atoms with Crippen LogP contribution in [0, 0.1) is 115 Å². The van der Waals surface area contributed by atoms with Crippen molar-refractivity contribution in [3.05, 3.63) is 226 Å². The van der Waals surface area contributed by atoms with Crippen LogP contribution in [0.1, 0.15) is 117 Å². The fourth-order valence-electron chi connectivity index (χ4n) is 11.3. The van der Waals surface area contributed by atoms with Crippen LogP contribution in [-0.2, 0) is 39.2 Å². The van der Waals surface area contributed by atoms with Crippen molar-refractivity contribution in [2.75, 3.05) is 0 Å². The highest BCUT2D eigenvalue weighted by Gasteiger charge is 2.38. The van der Waals surface area contributed by atoms with E-state index in [-0.39, 0.29) is 72.9 Å². The molecule has 0 aliphatic rings. The van der Waals surface area contributed by atoms with Crippen molar-refractivity contribution in [1.82, 2.24) is 0 Å². The summed E-state index contributed by atoms with van der Waals surface area (Å²) in [6.45, 7) is 31.5. The number of hydrogen-bond acceptors (Lipinski definition) is 5. The van der Waals surface area contributed by atoms with Gasteiger partial charge in [-0.1, -0.05) is 113 Å². The minimum Gasteiger partial charge on any atom is -0.484 e. The van der Waals surface area contributed by atoms with Crippen LogP contribution in [-0.4, -0.2) is 0 Å². The van der Waals surface area contributed by atoms with E-state index in [0.29, 0.717) is 23.3 Å². The molecule has 0 radical (unpaired) electrons. The van der Waals surface area contributed by atoms with Crippen molar-refractivity contribution in [3.8, 4) is 51.0 Å². The largest absolute Gasteiger partial charge is 0.484 e. The summed E-state index contributed by atoms with van der Waals surface area (Å²) < 4.78 is 108. The van der Waals surface area contributed by atoms with Gasteiger partial charge < -0.3 is 23.7 Å². The van der Waals surface area contributed by atoms with E-state index in [2.05, 4.69) is 165 Å². The number of alkyl halides is 3. The molecule has 8 rings (SSSR count). The summed E-state index contributed by atoms with van der Waals surface area (Å²) in [4.78, 5) is 0. The SMILES string of the molecule is Cc1cc(C)c(COc2c(OCc3c(C)cc(C)cc3C)c(OCc3c(C)cc(C)cc3C)c(-c3ccc(-c4cc(F)c(C(F)(F)F)c(F)c4)cc3)c(OCc3c(C)cc(C)cc3C)c2OCc2c(C)cc(C)cc2C)c(C)c1. The van der Waals surface area contributed by atoms with Crippen LogP contribution in [0.25, 0.3) is 22.3 Å². The van der Waals surface area contributed by atoms with E-state index in [1.807, 2.05) is 0 Å². The lowest BCUT2D eigenvalue weighted by Crippen LogP contribution is -2.12. The van der Waals surface area contributed by atoms with Gasteiger partial charge in [0.05, 0.1) is 5.56 Å². The van der Waals surface area contributed by atoms with Crippen molar-refractivity contribution in [3.63, 3.8) is 0 Å². The van der Waals surface area contributed by atoms with Gasteiger partial charge in [0.1, 0.15) is 50.2 Å². The highest BCUT2D eigenvalue weighted by Crippen LogP contribution is 2.59. The second-order valence-electron chi connectivity index (χ2n) is 21.7. The summed E-state index contributed by atoms with van der Waals surface area (Å²) in [7, 11) is 0. The van der Waals surface area contributed by atoms with Crippen molar-refractivity contribution in [1.29, 1.82) is 0 Å². The second kappa shape index (κ2) is 23.4. The maximum absolute atomic E-state index is 15.2. The standard InChI is InChI=1S/C69H71F5O5/c1-37-20-42(6)55(43(7)21-37)32-75-64-62(53-18-16-52(17-19-53)54-30-60(70)63(61(71)31-54)69(72,73)74)65(76-33-56-44(8)22-38(2)23-45(56)9)67(78-35-58-48(12)26-40(4)27-49(58)13)68(79-36-59-50(14)28-41(5)29-51(59)15)66(64)77-34-57-46(10)24-39(3)25-47(57)11/h16-31H,32-36H2,1-15H3. The highest BCUT2D eigenvalue weighted by molar-refractivity contribution is 5.87. The van der Waals surface area contributed by atoms with Crippen LogP contribution in [0.15, 0.2) is 97.1 Å². The zero-order valence-electron chi connectivity index (χ0n) is 48.2. The summed E-state index contributed by atoms with van der Waals surface area (Å²) in [6, 6.07) is 29.3. The van der Waals surface area contributed by atoms with E-state index in [4.69, 9.17) is 23.7 Å². The molecule has 79 heavy (non-hydrogen) atoms. The summed E-state index contributed by atoms with van der Waals surface area (Å²) >= 11 is 0. The van der Waals surface area contributed by atoms with Gasteiger partial charge in [-0.05, 0) is 216 Å². The zero-order valence-corrected chi connectivity index (χ0v) is 48.2. The number of hydrogen-bond donors (Lipinski definition) is 0. The Morgan fingerprint density at radius 2 is 0.506 bits per heavy atom. The highest BCUT2D eigenvalue weighted by atomic mass is 19.4. The summed E-state index contributed by atoms with van der Waals surface area (Å²) in [5.74, 6) is -2.13. The van der Waals surface area contributed by atoms with Gasteiger partial charge in [-0.25, -0.2) is 8.78 Å². The van der Waals surface area contributed by atoms with Crippen LogP contribution < -0.4 is 23.7 Å². The molecule has 412 valence electrons. The van der Waals surface area contributed by atoms with Gasteiger partial charge in [-0.3, -0.25) is 0 Å². The van der Waals surface area contributed by atoms with Crippen molar-refractivity contribution in [2.24, 2.45) is 0 Å². The van der Waals surface area contributed by atoms with Crippen molar-refractivity contribution >= 4 is 0 Å². The van der Waals surface area contributed by atoms with E-state index in [0.717, 1.165) is 111 Å². The second-order valence-corrected chi connectivity index (χ2v) is 21.7. The minimum absolute atomic E-state index is 0.0794. The first-order valence-corrected chi connectivity index (χ1v) is 26.7. The number of rotatable bonds is 17. The molecule has 0 bridgehead atoms. The van der Waals surface area contributed by atoms with Gasteiger partial charge in [0.15, 0.2) is 11.5 Å². The molecule has 5 nitrogen and oxygen atoms in total. The summed E-state index contributed by atoms with van der Waals surface area (Å²) in [5.41, 5.74) is 20.0. The number of halogens is 5. The normalized spacial score (nSPS) is 11.5. The third-order valence-electron chi connectivity index (χ3n) is 15.1.